The van der Waals surface area contributed by atoms with Gasteiger partial charge in [-0.3, -0.25) is 4.79 Å². The summed E-state index contributed by atoms with van der Waals surface area (Å²) in [5.74, 6) is 4.55. The van der Waals surface area contributed by atoms with Gasteiger partial charge in [-0.05, 0) is 25.1 Å². The maximum Gasteiger partial charge on any atom is 0.153 e. The van der Waals surface area contributed by atoms with Crippen LogP contribution >= 0.6 is 0 Å². The molecule has 0 aliphatic heterocycles. The summed E-state index contributed by atoms with van der Waals surface area (Å²) in [4.78, 5) is 10.4. The fraction of sp³-hybridized carbons (Fsp3) is 0.182. The Labute approximate surface area is 81.4 Å². The molecule has 3 heteroatoms. The number of carbonyl (C=O) groups excluding carboxylic acids is 1. The predicted octanol–water partition coefficient (Wildman–Crippen LogP) is 1.37. The monoisotopic (exact) mass is 192 g/mol. The predicted molar refractivity (Wildman–Crippen MR) is 50.3 cm³/mol. The Morgan fingerprint density at radius 1 is 1.57 bits per heavy atom. The Balaban J connectivity index is 3.03. The Morgan fingerprint density at radius 3 is 2.86 bits per heavy atom. The number of benzene rings is 1. The molecule has 2 nitrogen and oxygen atoms in total. The van der Waals surface area contributed by atoms with Crippen molar-refractivity contribution in [1.82, 2.24) is 0 Å². The molecule has 0 fully saturated rings. The topological polar surface area (TPSA) is 37.3 Å². The molecule has 1 rings (SSSR count). The van der Waals surface area contributed by atoms with Gasteiger partial charge in [-0.25, -0.2) is 4.39 Å². The van der Waals surface area contributed by atoms with E-state index in [1.165, 1.54) is 25.1 Å². The number of aliphatic hydroxyl groups excluding tert-OH is 1. The van der Waals surface area contributed by atoms with E-state index in [0.29, 0.717) is 11.8 Å². The molecule has 0 saturated heterocycles. The molecule has 1 atom stereocenters. The summed E-state index contributed by atoms with van der Waals surface area (Å²) < 4.78 is 12.8. The second kappa shape index (κ2) is 4.54. The third kappa shape index (κ3) is 2.68. The third-order valence-corrected chi connectivity index (χ3v) is 1.55. The summed E-state index contributed by atoms with van der Waals surface area (Å²) in [6, 6.07) is 3.98. The number of carbonyl (C=O) groups is 1. The van der Waals surface area contributed by atoms with Gasteiger partial charge < -0.3 is 5.11 Å². The summed E-state index contributed by atoms with van der Waals surface area (Å²) in [5.41, 5.74) is 0.483. The molecular weight excluding hydrogens is 183 g/mol. The largest absolute Gasteiger partial charge is 0.381 e. The number of aliphatic hydroxyl groups is 1. The lowest BCUT2D eigenvalue weighted by atomic mass is 10.1. The molecule has 0 aromatic heterocycles. The first-order chi connectivity index (χ1) is 6.63. The van der Waals surface area contributed by atoms with Crippen molar-refractivity contribution in [2.45, 2.75) is 13.0 Å². The Hall–Kier alpha value is -1.66. The van der Waals surface area contributed by atoms with Gasteiger partial charge in [-0.1, -0.05) is 11.8 Å². The summed E-state index contributed by atoms with van der Waals surface area (Å²) in [5, 5.41) is 8.88. The van der Waals surface area contributed by atoms with E-state index in [-0.39, 0.29) is 5.56 Å². The van der Waals surface area contributed by atoms with Crippen LogP contribution in [0.5, 0.6) is 0 Å². The van der Waals surface area contributed by atoms with Crippen molar-refractivity contribution in [3.05, 3.63) is 35.1 Å². The summed E-state index contributed by atoms with van der Waals surface area (Å²) >= 11 is 0. The molecule has 0 amide bonds. The van der Waals surface area contributed by atoms with Gasteiger partial charge >= 0.3 is 0 Å². The minimum absolute atomic E-state index is 0.0256. The van der Waals surface area contributed by atoms with E-state index in [1.54, 1.807) is 0 Å². The minimum Gasteiger partial charge on any atom is -0.381 e. The highest BCUT2D eigenvalue weighted by molar-refractivity contribution is 5.76. The molecule has 1 aromatic carbocycles. The van der Waals surface area contributed by atoms with Crippen LogP contribution in [0.1, 0.15) is 22.8 Å². The molecule has 1 aromatic rings. The molecule has 0 spiro atoms. The van der Waals surface area contributed by atoms with Crippen LogP contribution in [0.4, 0.5) is 4.39 Å². The van der Waals surface area contributed by atoms with Crippen molar-refractivity contribution in [3.8, 4) is 11.8 Å². The van der Waals surface area contributed by atoms with Crippen LogP contribution in [0.15, 0.2) is 18.2 Å². The summed E-state index contributed by atoms with van der Waals surface area (Å²) in [6.07, 6.45) is -0.303. The van der Waals surface area contributed by atoms with Gasteiger partial charge in [0.15, 0.2) is 6.29 Å². The Kier molecular flexibility index (Phi) is 3.38. The molecule has 0 aliphatic carbocycles. The van der Waals surface area contributed by atoms with Crippen LogP contribution in [-0.4, -0.2) is 17.5 Å². The molecular formula is C11H9FO2. The highest BCUT2D eigenvalue weighted by atomic mass is 19.1. The van der Waals surface area contributed by atoms with Gasteiger partial charge in [0.1, 0.15) is 11.9 Å². The first-order valence-corrected chi connectivity index (χ1v) is 4.08. The average Bonchev–Trinajstić information content (AvgIpc) is 2.16. The zero-order valence-electron chi connectivity index (χ0n) is 7.62. The first-order valence-electron chi connectivity index (χ1n) is 4.08. The third-order valence-electron chi connectivity index (χ3n) is 1.55. The fourth-order valence-corrected chi connectivity index (χ4v) is 0.900. The van der Waals surface area contributed by atoms with Crippen LogP contribution in [0, 0.1) is 17.7 Å². The van der Waals surface area contributed by atoms with Gasteiger partial charge in [0.25, 0.3) is 0 Å². The zero-order valence-corrected chi connectivity index (χ0v) is 7.62. The molecule has 0 aliphatic rings. The first kappa shape index (κ1) is 10.4. The molecule has 1 unspecified atom stereocenters. The van der Waals surface area contributed by atoms with E-state index in [9.17, 15) is 9.18 Å². The molecule has 72 valence electrons. The van der Waals surface area contributed by atoms with Crippen molar-refractivity contribution in [3.63, 3.8) is 0 Å². The highest BCUT2D eigenvalue weighted by Crippen LogP contribution is 2.07. The Bertz CT molecular complexity index is 399. The quantitative estimate of drug-likeness (QED) is 0.539. The lowest BCUT2D eigenvalue weighted by Crippen LogP contribution is -1.93. The molecule has 0 heterocycles. The van der Waals surface area contributed by atoms with Crippen LogP contribution in [0.25, 0.3) is 0 Å². The number of halogens is 1. The van der Waals surface area contributed by atoms with Gasteiger partial charge in [0.2, 0.25) is 0 Å². The second-order valence-corrected chi connectivity index (χ2v) is 2.80. The average molecular weight is 192 g/mol. The van der Waals surface area contributed by atoms with Gasteiger partial charge in [0.05, 0.1) is 5.56 Å². The fourth-order valence-electron chi connectivity index (χ4n) is 0.900. The minimum atomic E-state index is -0.736. The number of hydrogen-bond acceptors (Lipinski definition) is 2. The molecule has 0 bridgehead atoms. The maximum absolute atomic E-state index is 12.8. The van der Waals surface area contributed by atoms with E-state index < -0.39 is 11.9 Å². The zero-order chi connectivity index (χ0) is 10.6. The molecule has 1 N–H and O–H groups in total. The van der Waals surface area contributed by atoms with Crippen molar-refractivity contribution >= 4 is 6.29 Å². The number of hydrogen-bond donors (Lipinski definition) is 1. The van der Waals surface area contributed by atoms with E-state index in [2.05, 4.69) is 11.8 Å². The van der Waals surface area contributed by atoms with E-state index in [0.717, 1.165) is 0 Å². The smallest absolute Gasteiger partial charge is 0.153 e. The Morgan fingerprint density at radius 2 is 2.29 bits per heavy atom. The van der Waals surface area contributed by atoms with Crippen molar-refractivity contribution < 1.29 is 14.3 Å². The number of aldehydes is 1. The lowest BCUT2D eigenvalue weighted by molar-refractivity contribution is 0.112. The molecule has 0 saturated carbocycles. The summed E-state index contributed by atoms with van der Waals surface area (Å²) in [6.45, 7) is 1.52. The van der Waals surface area contributed by atoms with Gasteiger partial charge in [0, 0.05) is 5.56 Å². The molecule has 0 radical (unpaired) electrons. The SMILES string of the molecule is CC(O)C#Cc1ccc(F)c(C=O)c1. The second-order valence-electron chi connectivity index (χ2n) is 2.80. The van der Waals surface area contributed by atoms with Crippen LogP contribution in [0.3, 0.4) is 0 Å². The number of rotatable bonds is 1. The summed E-state index contributed by atoms with van der Waals surface area (Å²) in [7, 11) is 0. The van der Waals surface area contributed by atoms with Crippen molar-refractivity contribution in [2.24, 2.45) is 0 Å². The van der Waals surface area contributed by atoms with E-state index >= 15 is 0 Å². The van der Waals surface area contributed by atoms with Gasteiger partial charge in [-0.2, -0.15) is 0 Å². The van der Waals surface area contributed by atoms with Crippen molar-refractivity contribution in [2.75, 3.05) is 0 Å². The lowest BCUT2D eigenvalue weighted by Gasteiger charge is -1.95. The van der Waals surface area contributed by atoms with Crippen molar-refractivity contribution in [1.29, 1.82) is 0 Å². The molecule has 14 heavy (non-hydrogen) atoms. The maximum atomic E-state index is 12.8. The van der Waals surface area contributed by atoms with E-state index in [1.807, 2.05) is 0 Å². The van der Waals surface area contributed by atoms with Gasteiger partial charge in [-0.15, -0.1) is 0 Å². The van der Waals surface area contributed by atoms with Crippen LogP contribution in [0.2, 0.25) is 0 Å². The van der Waals surface area contributed by atoms with E-state index in [4.69, 9.17) is 5.11 Å². The normalized spacial score (nSPS) is 11.4. The highest BCUT2D eigenvalue weighted by Gasteiger charge is 2.00. The van der Waals surface area contributed by atoms with Crippen LogP contribution < -0.4 is 0 Å². The van der Waals surface area contributed by atoms with Crippen LogP contribution in [-0.2, 0) is 0 Å². The standard InChI is InChI=1S/C11H9FO2/c1-8(14)2-3-9-4-5-11(12)10(6-9)7-13/h4-8,14H,1H3.